The summed E-state index contributed by atoms with van der Waals surface area (Å²) in [4.78, 5) is 11.5. The molecule has 15 heavy (non-hydrogen) atoms. The molecule has 0 spiro atoms. The molecule has 1 aromatic rings. The Morgan fingerprint density at radius 2 is 2.13 bits per heavy atom. The SMILES string of the molecule is CSc1cc(N2CCC(Br)CC2)ncn1. The molecular formula is C10H14BrN3S. The van der Waals surface area contributed by atoms with E-state index in [2.05, 4.69) is 36.9 Å². The molecule has 0 N–H and O–H groups in total. The van der Waals surface area contributed by atoms with Gasteiger partial charge < -0.3 is 4.90 Å². The van der Waals surface area contributed by atoms with Crippen LogP contribution in [-0.4, -0.2) is 34.1 Å². The molecule has 1 aromatic heterocycles. The van der Waals surface area contributed by atoms with E-state index in [0.717, 1.165) is 23.9 Å². The van der Waals surface area contributed by atoms with Crippen molar-refractivity contribution < 1.29 is 0 Å². The van der Waals surface area contributed by atoms with Gasteiger partial charge in [0.1, 0.15) is 17.2 Å². The van der Waals surface area contributed by atoms with Crippen LogP contribution >= 0.6 is 27.7 Å². The maximum absolute atomic E-state index is 4.32. The predicted octanol–water partition coefficient (Wildman–Crippen LogP) is 2.56. The van der Waals surface area contributed by atoms with Crippen LogP contribution in [0.5, 0.6) is 0 Å². The predicted molar refractivity (Wildman–Crippen MR) is 68.0 cm³/mol. The first-order valence-corrected chi connectivity index (χ1v) is 7.18. The van der Waals surface area contributed by atoms with Gasteiger partial charge in [-0.05, 0) is 19.1 Å². The lowest BCUT2D eigenvalue weighted by molar-refractivity contribution is 0.591. The summed E-state index contributed by atoms with van der Waals surface area (Å²) < 4.78 is 0. The zero-order chi connectivity index (χ0) is 10.7. The van der Waals surface area contributed by atoms with Crippen molar-refractivity contribution in [3.63, 3.8) is 0 Å². The molecule has 5 heteroatoms. The van der Waals surface area contributed by atoms with Crippen molar-refractivity contribution in [3.8, 4) is 0 Å². The fourth-order valence-corrected chi connectivity index (χ4v) is 2.48. The van der Waals surface area contributed by atoms with E-state index in [4.69, 9.17) is 0 Å². The number of rotatable bonds is 2. The summed E-state index contributed by atoms with van der Waals surface area (Å²) in [5.41, 5.74) is 0. The topological polar surface area (TPSA) is 29.0 Å². The molecule has 1 aliphatic heterocycles. The van der Waals surface area contributed by atoms with E-state index in [1.54, 1.807) is 18.1 Å². The number of hydrogen-bond donors (Lipinski definition) is 0. The highest BCUT2D eigenvalue weighted by molar-refractivity contribution is 9.09. The van der Waals surface area contributed by atoms with Crippen LogP contribution in [0.25, 0.3) is 0 Å². The van der Waals surface area contributed by atoms with Gasteiger partial charge in [0.05, 0.1) is 0 Å². The van der Waals surface area contributed by atoms with Gasteiger partial charge in [0, 0.05) is 24.0 Å². The van der Waals surface area contributed by atoms with Gasteiger partial charge in [0.25, 0.3) is 0 Å². The Labute approximate surface area is 103 Å². The Morgan fingerprint density at radius 3 is 2.80 bits per heavy atom. The van der Waals surface area contributed by atoms with Crippen LogP contribution in [0.3, 0.4) is 0 Å². The van der Waals surface area contributed by atoms with Gasteiger partial charge in [0.15, 0.2) is 0 Å². The van der Waals surface area contributed by atoms with Crippen molar-refractivity contribution >= 4 is 33.5 Å². The minimum atomic E-state index is 0.676. The smallest absolute Gasteiger partial charge is 0.133 e. The summed E-state index contributed by atoms with van der Waals surface area (Å²) >= 11 is 5.31. The molecule has 1 saturated heterocycles. The maximum atomic E-state index is 4.32. The molecule has 1 aliphatic rings. The van der Waals surface area contributed by atoms with E-state index >= 15 is 0 Å². The number of anilines is 1. The number of piperidine rings is 1. The second-order valence-corrected chi connectivity index (χ2v) is 5.70. The second kappa shape index (κ2) is 5.16. The molecule has 0 radical (unpaired) electrons. The summed E-state index contributed by atoms with van der Waals surface area (Å²) in [6, 6.07) is 2.07. The van der Waals surface area contributed by atoms with Gasteiger partial charge >= 0.3 is 0 Å². The minimum Gasteiger partial charge on any atom is -0.356 e. The normalized spacial score (nSPS) is 18.1. The maximum Gasteiger partial charge on any atom is 0.133 e. The molecule has 0 unspecified atom stereocenters. The largest absolute Gasteiger partial charge is 0.356 e. The first-order chi connectivity index (χ1) is 7.29. The third kappa shape index (κ3) is 2.84. The lowest BCUT2D eigenvalue weighted by Crippen LogP contribution is -2.34. The summed E-state index contributed by atoms with van der Waals surface area (Å²) in [6.45, 7) is 2.17. The number of thioether (sulfide) groups is 1. The second-order valence-electron chi connectivity index (χ2n) is 3.58. The Hall–Kier alpha value is -0.290. The van der Waals surface area contributed by atoms with E-state index in [9.17, 15) is 0 Å². The summed E-state index contributed by atoms with van der Waals surface area (Å²) in [6.07, 6.45) is 6.08. The van der Waals surface area contributed by atoms with Crippen molar-refractivity contribution in [1.82, 2.24) is 9.97 Å². The summed E-state index contributed by atoms with van der Waals surface area (Å²) in [5, 5.41) is 1.04. The highest BCUT2D eigenvalue weighted by Crippen LogP contribution is 2.23. The minimum absolute atomic E-state index is 0.676. The van der Waals surface area contributed by atoms with Gasteiger partial charge in [-0.2, -0.15) is 0 Å². The van der Waals surface area contributed by atoms with Crippen LogP contribution in [0.4, 0.5) is 5.82 Å². The van der Waals surface area contributed by atoms with Gasteiger partial charge in [0.2, 0.25) is 0 Å². The van der Waals surface area contributed by atoms with Gasteiger partial charge in [-0.15, -0.1) is 11.8 Å². The standard InChI is InChI=1S/C10H14BrN3S/c1-15-10-6-9(12-7-13-10)14-4-2-8(11)3-5-14/h6-8H,2-5H2,1H3. The first-order valence-electron chi connectivity index (χ1n) is 5.04. The van der Waals surface area contributed by atoms with Crippen LogP contribution in [0.2, 0.25) is 0 Å². The number of halogens is 1. The van der Waals surface area contributed by atoms with E-state index in [1.165, 1.54) is 12.8 Å². The van der Waals surface area contributed by atoms with Crippen molar-refractivity contribution in [1.29, 1.82) is 0 Å². The average molecular weight is 288 g/mol. The van der Waals surface area contributed by atoms with E-state index in [-0.39, 0.29) is 0 Å². The zero-order valence-electron chi connectivity index (χ0n) is 8.69. The van der Waals surface area contributed by atoms with Crippen LogP contribution < -0.4 is 4.90 Å². The highest BCUT2D eigenvalue weighted by Gasteiger charge is 2.17. The molecule has 2 rings (SSSR count). The molecular weight excluding hydrogens is 274 g/mol. The van der Waals surface area contributed by atoms with Crippen molar-refractivity contribution in [3.05, 3.63) is 12.4 Å². The van der Waals surface area contributed by atoms with E-state index < -0.39 is 0 Å². The van der Waals surface area contributed by atoms with Gasteiger partial charge in [-0.1, -0.05) is 15.9 Å². The summed E-state index contributed by atoms with van der Waals surface area (Å²) in [5.74, 6) is 1.06. The van der Waals surface area contributed by atoms with Crippen LogP contribution in [0.1, 0.15) is 12.8 Å². The average Bonchev–Trinajstić information content (AvgIpc) is 2.30. The third-order valence-electron chi connectivity index (χ3n) is 2.59. The molecule has 0 saturated carbocycles. The first kappa shape index (κ1) is 11.2. The van der Waals surface area contributed by atoms with Crippen molar-refractivity contribution in [2.75, 3.05) is 24.2 Å². The number of hydrogen-bond acceptors (Lipinski definition) is 4. The fraction of sp³-hybridized carbons (Fsp3) is 0.600. The monoisotopic (exact) mass is 287 g/mol. The number of aromatic nitrogens is 2. The molecule has 1 fully saturated rings. The summed E-state index contributed by atoms with van der Waals surface area (Å²) in [7, 11) is 0. The zero-order valence-corrected chi connectivity index (χ0v) is 11.1. The third-order valence-corrected chi connectivity index (χ3v) is 4.14. The molecule has 3 nitrogen and oxygen atoms in total. The lowest BCUT2D eigenvalue weighted by atomic mass is 10.1. The Balaban J connectivity index is 2.08. The molecule has 82 valence electrons. The van der Waals surface area contributed by atoms with E-state index in [1.807, 2.05) is 6.26 Å². The fourth-order valence-electron chi connectivity index (χ4n) is 1.69. The highest BCUT2D eigenvalue weighted by atomic mass is 79.9. The Bertz CT molecular complexity index is 326. The van der Waals surface area contributed by atoms with Gasteiger partial charge in [-0.3, -0.25) is 0 Å². The van der Waals surface area contributed by atoms with Crippen LogP contribution in [0.15, 0.2) is 17.4 Å². The van der Waals surface area contributed by atoms with Gasteiger partial charge in [-0.25, -0.2) is 9.97 Å². The van der Waals surface area contributed by atoms with Crippen LogP contribution in [-0.2, 0) is 0 Å². The van der Waals surface area contributed by atoms with E-state index in [0.29, 0.717) is 4.83 Å². The Kier molecular flexibility index (Phi) is 3.86. The molecule has 0 bridgehead atoms. The molecule has 0 aromatic carbocycles. The quantitative estimate of drug-likeness (QED) is 0.475. The van der Waals surface area contributed by atoms with Crippen LogP contribution in [0, 0.1) is 0 Å². The molecule has 0 aliphatic carbocycles. The number of nitrogens with zero attached hydrogens (tertiary/aromatic N) is 3. The lowest BCUT2D eigenvalue weighted by Gasteiger charge is -2.30. The van der Waals surface area contributed by atoms with Crippen molar-refractivity contribution in [2.45, 2.75) is 22.7 Å². The number of alkyl halides is 1. The van der Waals surface area contributed by atoms with Crippen molar-refractivity contribution in [2.24, 2.45) is 0 Å². The molecule has 0 amide bonds. The molecule has 0 atom stereocenters. The molecule has 2 heterocycles. The Morgan fingerprint density at radius 1 is 1.40 bits per heavy atom.